The van der Waals surface area contributed by atoms with Crippen LogP contribution in [0.3, 0.4) is 0 Å². The standard InChI is InChI=1S/C15H21O.3C4H9.Sn/c1-2-3-4-8-11-15(16)13-12-14-9-6-5-7-10-14;3*1-3-4-2;/h5-10,15-16H,2-4,12-13H2,1H3;3*1,3-4H2,2H3;. The molecule has 0 aromatic heterocycles. The van der Waals surface area contributed by atoms with Gasteiger partial charge in [0.1, 0.15) is 0 Å². The fourth-order valence-corrected chi connectivity index (χ4v) is 22.1. The summed E-state index contributed by atoms with van der Waals surface area (Å²) in [5.74, 6) is 0. The Hall–Kier alpha value is -0.281. The summed E-state index contributed by atoms with van der Waals surface area (Å²) in [7, 11) is 0. The van der Waals surface area contributed by atoms with Crippen molar-refractivity contribution in [1.82, 2.24) is 0 Å². The number of hydrogen-bond acceptors (Lipinski definition) is 1. The van der Waals surface area contributed by atoms with Crippen molar-refractivity contribution in [3.63, 3.8) is 0 Å². The Labute approximate surface area is 186 Å². The molecule has 0 saturated heterocycles. The van der Waals surface area contributed by atoms with Crippen molar-refractivity contribution in [1.29, 1.82) is 0 Å². The maximum absolute atomic E-state index is 11.5. The van der Waals surface area contributed by atoms with E-state index in [-0.39, 0.29) is 6.10 Å². The van der Waals surface area contributed by atoms with Gasteiger partial charge in [-0.25, -0.2) is 0 Å². The summed E-state index contributed by atoms with van der Waals surface area (Å²) >= 11 is -2.56. The molecule has 1 N–H and O–H groups in total. The van der Waals surface area contributed by atoms with Gasteiger partial charge in [0.2, 0.25) is 0 Å². The first kappa shape index (κ1) is 26.8. The van der Waals surface area contributed by atoms with Crippen molar-refractivity contribution in [2.75, 3.05) is 0 Å². The zero-order valence-electron chi connectivity index (χ0n) is 19.9. The fourth-order valence-electron chi connectivity index (χ4n) is 4.62. The first-order chi connectivity index (χ1) is 14.1. The van der Waals surface area contributed by atoms with Crippen LogP contribution < -0.4 is 0 Å². The van der Waals surface area contributed by atoms with Gasteiger partial charge in [0.05, 0.1) is 0 Å². The average Bonchev–Trinajstić information content (AvgIpc) is 2.76. The van der Waals surface area contributed by atoms with Gasteiger partial charge in [-0.15, -0.1) is 0 Å². The molecule has 2 heteroatoms. The van der Waals surface area contributed by atoms with Crippen LogP contribution in [-0.2, 0) is 6.42 Å². The van der Waals surface area contributed by atoms with E-state index in [1.54, 1.807) is 3.59 Å². The zero-order chi connectivity index (χ0) is 21.4. The van der Waals surface area contributed by atoms with Crippen LogP contribution in [-0.4, -0.2) is 29.6 Å². The van der Waals surface area contributed by atoms with Crippen molar-refractivity contribution in [3.05, 3.63) is 45.6 Å². The quantitative estimate of drug-likeness (QED) is 0.166. The van der Waals surface area contributed by atoms with Gasteiger partial charge in [0.25, 0.3) is 0 Å². The van der Waals surface area contributed by atoms with Crippen LogP contribution in [0.5, 0.6) is 0 Å². The minimum absolute atomic E-state index is 0.214. The molecule has 0 aliphatic carbocycles. The molecule has 29 heavy (non-hydrogen) atoms. The third-order valence-electron chi connectivity index (χ3n) is 6.47. The summed E-state index contributed by atoms with van der Waals surface area (Å²) in [6.45, 7) is 9.29. The van der Waals surface area contributed by atoms with Gasteiger partial charge in [-0.1, -0.05) is 0 Å². The molecule has 1 aromatic rings. The average molecular weight is 507 g/mol. The number of benzene rings is 1. The third-order valence-corrected chi connectivity index (χ3v) is 22.7. The molecule has 1 atom stereocenters. The number of allylic oxidation sites excluding steroid dienone is 1. The van der Waals surface area contributed by atoms with E-state index < -0.39 is 18.4 Å². The van der Waals surface area contributed by atoms with Gasteiger partial charge in [-0.2, -0.15) is 0 Å². The number of unbranched alkanes of at least 4 members (excludes halogenated alkanes) is 5. The van der Waals surface area contributed by atoms with Crippen LogP contribution in [0.4, 0.5) is 0 Å². The van der Waals surface area contributed by atoms with Gasteiger partial charge in [0, 0.05) is 0 Å². The van der Waals surface area contributed by atoms with Crippen LogP contribution in [0.25, 0.3) is 0 Å². The van der Waals surface area contributed by atoms with E-state index in [2.05, 4.69) is 64.1 Å². The summed E-state index contributed by atoms with van der Waals surface area (Å²) < 4.78 is 5.95. The zero-order valence-corrected chi connectivity index (χ0v) is 22.7. The summed E-state index contributed by atoms with van der Waals surface area (Å²) in [5.41, 5.74) is 1.36. The summed E-state index contributed by atoms with van der Waals surface area (Å²) in [4.78, 5) is 0. The second-order valence-corrected chi connectivity index (χ2v) is 22.2. The second-order valence-electron chi connectivity index (χ2n) is 8.93. The van der Waals surface area contributed by atoms with Crippen LogP contribution in [0.1, 0.15) is 97.5 Å². The second kappa shape index (κ2) is 16.4. The predicted octanol–water partition coefficient (Wildman–Crippen LogP) is 8.49. The minimum atomic E-state index is -2.56. The predicted molar refractivity (Wildman–Crippen MR) is 133 cm³/mol. The number of aliphatic hydroxyl groups excluding tert-OH is 1. The van der Waals surface area contributed by atoms with Crippen LogP contribution >= 0.6 is 0 Å². The van der Waals surface area contributed by atoms with E-state index in [1.807, 2.05) is 0 Å². The Morgan fingerprint density at radius 3 is 1.83 bits per heavy atom. The Balaban J connectivity index is 3.13. The van der Waals surface area contributed by atoms with E-state index in [0.717, 1.165) is 19.3 Å². The Morgan fingerprint density at radius 2 is 1.34 bits per heavy atom. The molecule has 1 rings (SSSR count). The number of aliphatic hydroxyl groups is 1. The van der Waals surface area contributed by atoms with Crippen molar-refractivity contribution in [2.45, 2.75) is 118 Å². The molecule has 0 saturated carbocycles. The van der Waals surface area contributed by atoms with Gasteiger partial charge >= 0.3 is 187 Å². The molecule has 0 bridgehead atoms. The molecular formula is C27H48OSn. The first-order valence-corrected chi connectivity index (χ1v) is 20.0. The molecule has 166 valence electrons. The van der Waals surface area contributed by atoms with Gasteiger partial charge < -0.3 is 0 Å². The number of aryl methyl sites for hydroxylation is 1. The summed E-state index contributed by atoms with van der Waals surface area (Å²) in [6, 6.07) is 10.7. The molecule has 0 amide bonds. The molecule has 0 fully saturated rings. The molecule has 0 aliphatic rings. The topological polar surface area (TPSA) is 20.2 Å². The van der Waals surface area contributed by atoms with E-state index in [0.29, 0.717) is 0 Å². The van der Waals surface area contributed by atoms with Gasteiger partial charge in [-0.3, -0.25) is 0 Å². The van der Waals surface area contributed by atoms with Gasteiger partial charge in [-0.05, 0) is 0 Å². The van der Waals surface area contributed by atoms with Crippen LogP contribution in [0.2, 0.25) is 13.3 Å². The third kappa shape index (κ3) is 10.0. The van der Waals surface area contributed by atoms with Gasteiger partial charge in [0.15, 0.2) is 0 Å². The molecule has 0 heterocycles. The SMILES string of the molecule is CCCC/C=[C](/C(O)CCc1ccccc1)[Sn]([CH2]CCC)([CH2]CCC)[CH2]CCC. The van der Waals surface area contributed by atoms with Crippen LogP contribution in [0.15, 0.2) is 40.0 Å². The molecule has 0 aliphatic heterocycles. The van der Waals surface area contributed by atoms with E-state index >= 15 is 0 Å². The fraction of sp³-hybridized carbons (Fsp3) is 0.704. The van der Waals surface area contributed by atoms with Crippen molar-refractivity contribution < 1.29 is 5.11 Å². The van der Waals surface area contributed by atoms with E-state index in [1.165, 1.54) is 70.2 Å². The van der Waals surface area contributed by atoms with E-state index in [9.17, 15) is 5.11 Å². The number of rotatable bonds is 17. The van der Waals surface area contributed by atoms with E-state index in [4.69, 9.17) is 0 Å². The van der Waals surface area contributed by atoms with Crippen molar-refractivity contribution in [3.8, 4) is 0 Å². The summed E-state index contributed by atoms with van der Waals surface area (Å²) in [5, 5.41) is 11.5. The summed E-state index contributed by atoms with van der Waals surface area (Å²) in [6.07, 6.45) is 15.8. The Morgan fingerprint density at radius 1 is 0.828 bits per heavy atom. The molecule has 1 unspecified atom stereocenters. The monoisotopic (exact) mass is 508 g/mol. The Bertz CT molecular complexity index is 515. The molecule has 0 spiro atoms. The first-order valence-electron chi connectivity index (χ1n) is 12.6. The Kier molecular flexibility index (Phi) is 15.1. The molecule has 1 aromatic carbocycles. The van der Waals surface area contributed by atoms with Crippen molar-refractivity contribution in [2.24, 2.45) is 0 Å². The molecule has 1 nitrogen and oxygen atoms in total. The van der Waals surface area contributed by atoms with Crippen molar-refractivity contribution >= 4 is 18.4 Å². The van der Waals surface area contributed by atoms with Crippen LogP contribution in [0, 0.1) is 0 Å². The normalized spacial score (nSPS) is 13.6. The molecule has 0 radical (unpaired) electrons. The number of hydrogen-bond donors (Lipinski definition) is 1. The molecular weight excluding hydrogens is 459 g/mol. The maximum atomic E-state index is 11.5.